The summed E-state index contributed by atoms with van der Waals surface area (Å²) in [5, 5.41) is 22.7. The highest BCUT2D eigenvalue weighted by molar-refractivity contribution is 6.30. The smallest absolute Gasteiger partial charge is 0.117 e. The van der Waals surface area contributed by atoms with E-state index >= 15 is 0 Å². The van der Waals surface area contributed by atoms with E-state index in [1.54, 1.807) is 24.3 Å². The van der Waals surface area contributed by atoms with Crippen molar-refractivity contribution < 1.29 is 10.2 Å². The fraction of sp³-hybridized carbons (Fsp3) is 0.143. The Morgan fingerprint density at radius 3 is 1.83 bits per heavy atom. The molecule has 2 unspecified atom stereocenters. The molecule has 24 heavy (non-hydrogen) atoms. The van der Waals surface area contributed by atoms with Crippen molar-refractivity contribution in [2.24, 2.45) is 0 Å². The van der Waals surface area contributed by atoms with Crippen LogP contribution in [-0.4, -0.2) is 10.2 Å². The van der Waals surface area contributed by atoms with Crippen LogP contribution in [0.3, 0.4) is 0 Å². The topological polar surface area (TPSA) is 40.5 Å². The molecule has 0 aliphatic heterocycles. The van der Waals surface area contributed by atoms with Gasteiger partial charge in [0, 0.05) is 11.4 Å². The second-order valence-corrected chi connectivity index (χ2v) is 6.30. The van der Waals surface area contributed by atoms with Gasteiger partial charge in [0.1, 0.15) is 5.60 Å². The first-order valence-electron chi connectivity index (χ1n) is 7.86. The Morgan fingerprint density at radius 2 is 1.25 bits per heavy atom. The van der Waals surface area contributed by atoms with E-state index < -0.39 is 11.7 Å². The van der Waals surface area contributed by atoms with E-state index in [2.05, 4.69) is 0 Å². The van der Waals surface area contributed by atoms with Gasteiger partial charge in [-0.05, 0) is 28.8 Å². The number of benzene rings is 3. The van der Waals surface area contributed by atoms with Crippen molar-refractivity contribution in [3.05, 3.63) is 107 Å². The summed E-state index contributed by atoms with van der Waals surface area (Å²) < 4.78 is 0. The Balaban J connectivity index is 2.01. The van der Waals surface area contributed by atoms with E-state index in [-0.39, 0.29) is 6.42 Å². The van der Waals surface area contributed by atoms with Crippen LogP contribution in [0.25, 0.3) is 0 Å². The van der Waals surface area contributed by atoms with E-state index in [0.29, 0.717) is 10.6 Å². The average Bonchev–Trinajstić information content (AvgIpc) is 2.63. The lowest BCUT2D eigenvalue weighted by molar-refractivity contribution is 0.0168. The normalized spacial score (nSPS) is 14.8. The van der Waals surface area contributed by atoms with Crippen molar-refractivity contribution in [3.63, 3.8) is 0 Å². The molecule has 0 heterocycles. The molecule has 0 aromatic heterocycles. The van der Waals surface area contributed by atoms with Gasteiger partial charge in [-0.1, -0.05) is 84.4 Å². The Morgan fingerprint density at radius 1 is 0.750 bits per heavy atom. The lowest BCUT2D eigenvalue weighted by Gasteiger charge is -2.31. The van der Waals surface area contributed by atoms with Crippen LogP contribution in [0.15, 0.2) is 84.9 Å². The van der Waals surface area contributed by atoms with E-state index in [1.165, 1.54) is 0 Å². The maximum atomic E-state index is 11.5. The number of rotatable bonds is 5. The Bertz CT molecular complexity index is 772. The molecule has 0 aliphatic carbocycles. The first kappa shape index (κ1) is 16.7. The summed E-state index contributed by atoms with van der Waals surface area (Å²) in [5.41, 5.74) is 0.914. The Hall–Kier alpha value is -2.13. The third-order valence-corrected chi connectivity index (χ3v) is 4.50. The first-order chi connectivity index (χ1) is 11.6. The Kier molecular flexibility index (Phi) is 5.00. The number of hydrogen-bond acceptors (Lipinski definition) is 2. The maximum Gasteiger partial charge on any atom is 0.117 e. The quantitative estimate of drug-likeness (QED) is 0.708. The number of aliphatic hydroxyl groups is 2. The van der Waals surface area contributed by atoms with Gasteiger partial charge in [-0.25, -0.2) is 0 Å². The molecule has 0 saturated heterocycles. The van der Waals surface area contributed by atoms with Crippen LogP contribution in [0.2, 0.25) is 5.02 Å². The van der Waals surface area contributed by atoms with E-state index in [1.807, 2.05) is 60.7 Å². The number of aliphatic hydroxyl groups excluding tert-OH is 1. The lowest BCUT2D eigenvalue weighted by Crippen LogP contribution is -2.29. The SMILES string of the molecule is OC(CC(O)(c1ccccc1)c1ccc(Cl)cc1)c1ccccc1. The van der Waals surface area contributed by atoms with Gasteiger partial charge in [-0.2, -0.15) is 0 Å². The largest absolute Gasteiger partial charge is 0.388 e. The number of hydrogen-bond donors (Lipinski definition) is 2. The molecule has 0 aliphatic rings. The molecule has 2 atom stereocenters. The van der Waals surface area contributed by atoms with Crippen molar-refractivity contribution in [3.8, 4) is 0 Å². The van der Waals surface area contributed by atoms with Gasteiger partial charge >= 0.3 is 0 Å². The molecule has 0 spiro atoms. The van der Waals surface area contributed by atoms with Crippen LogP contribution in [0.4, 0.5) is 0 Å². The zero-order chi connectivity index (χ0) is 17.0. The summed E-state index contributed by atoms with van der Waals surface area (Å²) in [6.07, 6.45) is -0.630. The van der Waals surface area contributed by atoms with Crippen LogP contribution < -0.4 is 0 Å². The fourth-order valence-corrected chi connectivity index (χ4v) is 3.04. The number of halogens is 1. The summed E-state index contributed by atoms with van der Waals surface area (Å²) in [6, 6.07) is 25.9. The summed E-state index contributed by atoms with van der Waals surface area (Å²) in [7, 11) is 0. The molecular formula is C21H19ClO2. The molecule has 2 nitrogen and oxygen atoms in total. The van der Waals surface area contributed by atoms with Crippen molar-refractivity contribution in [1.82, 2.24) is 0 Å². The van der Waals surface area contributed by atoms with Gasteiger partial charge in [0.15, 0.2) is 0 Å². The molecule has 3 heteroatoms. The van der Waals surface area contributed by atoms with Crippen LogP contribution in [0, 0.1) is 0 Å². The van der Waals surface area contributed by atoms with Gasteiger partial charge in [-0.15, -0.1) is 0 Å². The van der Waals surface area contributed by atoms with Gasteiger partial charge in [-0.3, -0.25) is 0 Å². The highest BCUT2D eigenvalue weighted by atomic mass is 35.5. The molecule has 3 aromatic rings. The molecule has 0 amide bonds. The molecular weight excluding hydrogens is 320 g/mol. The molecule has 0 fully saturated rings. The third kappa shape index (κ3) is 3.51. The van der Waals surface area contributed by atoms with Crippen LogP contribution in [0.1, 0.15) is 29.2 Å². The summed E-state index contributed by atoms with van der Waals surface area (Å²) in [5.74, 6) is 0. The van der Waals surface area contributed by atoms with Gasteiger partial charge < -0.3 is 10.2 Å². The van der Waals surface area contributed by atoms with Gasteiger partial charge in [0.25, 0.3) is 0 Å². The predicted molar refractivity (Wildman–Crippen MR) is 96.9 cm³/mol. The minimum Gasteiger partial charge on any atom is -0.388 e. The van der Waals surface area contributed by atoms with Gasteiger partial charge in [0.05, 0.1) is 6.10 Å². The van der Waals surface area contributed by atoms with Crippen molar-refractivity contribution in [2.75, 3.05) is 0 Å². The van der Waals surface area contributed by atoms with E-state index in [4.69, 9.17) is 11.6 Å². The first-order valence-corrected chi connectivity index (χ1v) is 8.24. The van der Waals surface area contributed by atoms with Crippen molar-refractivity contribution >= 4 is 11.6 Å². The zero-order valence-corrected chi connectivity index (χ0v) is 13.9. The minimum absolute atomic E-state index is 0.155. The third-order valence-electron chi connectivity index (χ3n) is 4.25. The van der Waals surface area contributed by atoms with Gasteiger partial charge in [0.2, 0.25) is 0 Å². The second kappa shape index (κ2) is 7.18. The second-order valence-electron chi connectivity index (χ2n) is 5.86. The summed E-state index contributed by atoms with van der Waals surface area (Å²) in [4.78, 5) is 0. The molecule has 122 valence electrons. The average molecular weight is 339 g/mol. The summed E-state index contributed by atoms with van der Waals surface area (Å²) in [6.45, 7) is 0. The zero-order valence-electron chi connectivity index (χ0n) is 13.1. The van der Waals surface area contributed by atoms with E-state index in [9.17, 15) is 10.2 Å². The van der Waals surface area contributed by atoms with Crippen LogP contribution in [-0.2, 0) is 5.60 Å². The van der Waals surface area contributed by atoms with E-state index in [0.717, 1.165) is 11.1 Å². The van der Waals surface area contributed by atoms with Crippen LogP contribution in [0.5, 0.6) is 0 Å². The predicted octanol–water partition coefficient (Wildman–Crippen LogP) is 4.70. The molecule has 3 aromatic carbocycles. The Labute approximate surface area is 147 Å². The van der Waals surface area contributed by atoms with Crippen molar-refractivity contribution in [1.29, 1.82) is 0 Å². The fourth-order valence-electron chi connectivity index (χ4n) is 2.91. The summed E-state index contributed by atoms with van der Waals surface area (Å²) >= 11 is 5.98. The highest BCUT2D eigenvalue weighted by Gasteiger charge is 2.34. The monoisotopic (exact) mass is 338 g/mol. The maximum absolute atomic E-state index is 11.5. The molecule has 0 radical (unpaired) electrons. The lowest BCUT2D eigenvalue weighted by atomic mass is 9.80. The molecule has 3 rings (SSSR count). The highest BCUT2D eigenvalue weighted by Crippen LogP contribution is 2.38. The van der Waals surface area contributed by atoms with Crippen LogP contribution >= 0.6 is 11.6 Å². The molecule has 0 saturated carbocycles. The standard InChI is InChI=1S/C21H19ClO2/c22-19-13-11-18(12-14-19)21(24,17-9-5-2-6-10-17)15-20(23)16-7-3-1-4-8-16/h1-14,20,23-24H,15H2. The molecule has 0 bridgehead atoms. The van der Waals surface area contributed by atoms with Crippen molar-refractivity contribution in [2.45, 2.75) is 18.1 Å². The molecule has 2 N–H and O–H groups in total. The minimum atomic E-state index is -1.30.